The molecule has 2 rings (SSSR count). The van der Waals surface area contributed by atoms with Gasteiger partial charge in [0.25, 0.3) is 0 Å². The lowest BCUT2D eigenvalue weighted by Gasteiger charge is -2.07. The number of hydrogen-bond donors (Lipinski definition) is 3. The first-order valence-corrected chi connectivity index (χ1v) is 7.26. The van der Waals surface area contributed by atoms with Crippen LogP contribution in [0.1, 0.15) is 11.3 Å². The van der Waals surface area contributed by atoms with Gasteiger partial charge in [0.05, 0.1) is 12.8 Å². The number of furan rings is 1. The van der Waals surface area contributed by atoms with E-state index in [2.05, 4.69) is 5.32 Å². The minimum Gasteiger partial charge on any atom is -0.492 e. The van der Waals surface area contributed by atoms with Gasteiger partial charge in [-0.3, -0.25) is 15.5 Å². The molecule has 1 heterocycles. The molecule has 0 radical (unpaired) electrons. The van der Waals surface area contributed by atoms with Crippen molar-refractivity contribution in [3.05, 3.63) is 60.1 Å². The number of nitrogens with one attached hydrogen (secondary N) is 2. The second-order valence-corrected chi connectivity index (χ2v) is 4.86. The van der Waals surface area contributed by atoms with Crippen molar-refractivity contribution in [3.8, 4) is 5.75 Å². The van der Waals surface area contributed by atoms with Gasteiger partial charge >= 0.3 is 0 Å². The van der Waals surface area contributed by atoms with Crippen molar-refractivity contribution in [1.82, 2.24) is 10.8 Å². The van der Waals surface area contributed by atoms with Gasteiger partial charge in [-0.05, 0) is 42.5 Å². The average Bonchev–Trinajstić information content (AvgIpc) is 3.10. The van der Waals surface area contributed by atoms with Crippen molar-refractivity contribution in [1.29, 1.82) is 0 Å². The molecule has 0 aliphatic carbocycles. The number of hydroxylamine groups is 1. The highest BCUT2D eigenvalue weighted by Crippen LogP contribution is 2.12. The third-order valence-electron chi connectivity index (χ3n) is 2.83. The van der Waals surface area contributed by atoms with E-state index in [1.807, 2.05) is 5.48 Å². The predicted octanol–water partition coefficient (Wildman–Crippen LogP) is 2.14. The highest BCUT2D eigenvalue weighted by atomic mass is 32.1. The topological polar surface area (TPSA) is 83.7 Å². The molecule has 0 atom stereocenters. The number of carbonyl (C=O) groups excluding carboxylic acids is 1. The third-order valence-corrected chi connectivity index (χ3v) is 3.16. The fourth-order valence-corrected chi connectivity index (χ4v) is 1.85. The van der Waals surface area contributed by atoms with E-state index < -0.39 is 0 Å². The lowest BCUT2D eigenvalue weighted by atomic mass is 10.2. The molecule has 2 aromatic rings. The van der Waals surface area contributed by atoms with Crippen LogP contribution in [-0.4, -0.2) is 29.3 Å². The summed E-state index contributed by atoms with van der Waals surface area (Å²) in [4.78, 5) is 11.8. The van der Waals surface area contributed by atoms with Crippen molar-refractivity contribution in [3.63, 3.8) is 0 Å². The van der Waals surface area contributed by atoms with Crippen LogP contribution in [-0.2, 0) is 4.79 Å². The molecule has 0 fully saturated rings. The van der Waals surface area contributed by atoms with Gasteiger partial charge in [0.2, 0.25) is 5.91 Å². The van der Waals surface area contributed by atoms with Crippen molar-refractivity contribution >= 4 is 29.2 Å². The van der Waals surface area contributed by atoms with Gasteiger partial charge in [0, 0.05) is 11.6 Å². The molecule has 0 aliphatic rings. The third kappa shape index (κ3) is 5.57. The van der Waals surface area contributed by atoms with Crippen molar-refractivity contribution < 1.29 is 19.2 Å². The first-order valence-electron chi connectivity index (χ1n) is 6.86. The number of hydrogen-bond acceptors (Lipinski definition) is 5. The number of ether oxygens (including phenoxy) is 1. The van der Waals surface area contributed by atoms with Crippen LogP contribution in [0.25, 0.3) is 6.08 Å². The molecule has 0 spiro atoms. The summed E-state index contributed by atoms with van der Waals surface area (Å²) in [6.45, 7) is 0.710. The second-order valence-electron chi connectivity index (χ2n) is 4.45. The van der Waals surface area contributed by atoms with Gasteiger partial charge in [0.1, 0.15) is 23.1 Å². The first kappa shape index (κ1) is 16.7. The molecule has 0 saturated carbocycles. The quantitative estimate of drug-likeness (QED) is 0.312. The van der Waals surface area contributed by atoms with Gasteiger partial charge in [-0.1, -0.05) is 12.2 Å². The predicted molar refractivity (Wildman–Crippen MR) is 89.3 cm³/mol. The Balaban J connectivity index is 1.68. The molecule has 1 aromatic carbocycles. The van der Waals surface area contributed by atoms with Crippen LogP contribution in [0.5, 0.6) is 5.75 Å². The normalized spacial score (nSPS) is 10.5. The molecule has 1 aromatic heterocycles. The lowest BCUT2D eigenvalue weighted by Crippen LogP contribution is -2.26. The molecule has 1 amide bonds. The Morgan fingerprint density at radius 3 is 2.74 bits per heavy atom. The second kappa shape index (κ2) is 8.72. The summed E-state index contributed by atoms with van der Waals surface area (Å²) in [7, 11) is 0. The largest absolute Gasteiger partial charge is 0.492 e. The molecule has 3 N–H and O–H groups in total. The van der Waals surface area contributed by atoms with Crippen molar-refractivity contribution in [2.24, 2.45) is 0 Å². The van der Waals surface area contributed by atoms with Crippen LogP contribution in [0.15, 0.2) is 53.2 Å². The number of carbonyl (C=O) groups is 1. The zero-order valence-corrected chi connectivity index (χ0v) is 13.0. The fraction of sp³-hybridized carbons (Fsp3) is 0.125. The van der Waals surface area contributed by atoms with Gasteiger partial charge < -0.3 is 14.5 Å². The molecule has 0 bridgehead atoms. The number of benzene rings is 1. The fourth-order valence-electron chi connectivity index (χ4n) is 1.71. The van der Waals surface area contributed by atoms with Gasteiger partial charge in [-0.15, -0.1) is 0 Å². The Hall–Kier alpha value is -2.64. The molecule has 6 nitrogen and oxygen atoms in total. The molecule has 0 unspecified atom stereocenters. The van der Waals surface area contributed by atoms with E-state index in [1.165, 1.54) is 6.08 Å². The van der Waals surface area contributed by atoms with E-state index in [0.29, 0.717) is 30.2 Å². The van der Waals surface area contributed by atoms with Crippen LogP contribution in [0.4, 0.5) is 0 Å². The number of rotatable bonds is 7. The maximum atomic E-state index is 11.6. The summed E-state index contributed by atoms with van der Waals surface area (Å²) < 4.78 is 10.6. The molecular weight excluding hydrogens is 316 g/mol. The molecule has 120 valence electrons. The summed E-state index contributed by atoms with van der Waals surface area (Å²) in [6.07, 6.45) is 4.53. The van der Waals surface area contributed by atoms with E-state index in [1.54, 1.807) is 48.7 Å². The first-order chi connectivity index (χ1) is 11.2. The van der Waals surface area contributed by atoms with E-state index in [-0.39, 0.29) is 10.9 Å². The Kier molecular flexibility index (Phi) is 6.34. The maximum absolute atomic E-state index is 11.6. The summed E-state index contributed by atoms with van der Waals surface area (Å²) in [5.74, 6) is 1.04. The SMILES string of the molecule is O=C(C=Cc1ccco1)NCCOc1ccc(C(=S)NO)cc1. The monoisotopic (exact) mass is 332 g/mol. The number of amides is 1. The average molecular weight is 332 g/mol. The Morgan fingerprint density at radius 1 is 1.30 bits per heavy atom. The number of thiocarbonyl (C=S) groups is 1. The summed E-state index contributed by atoms with van der Waals surface area (Å²) in [5, 5.41) is 11.4. The molecule has 0 saturated heterocycles. The zero-order valence-electron chi connectivity index (χ0n) is 12.2. The van der Waals surface area contributed by atoms with E-state index in [9.17, 15) is 4.79 Å². The van der Waals surface area contributed by atoms with E-state index >= 15 is 0 Å². The molecule has 7 heteroatoms. The molecule has 0 aliphatic heterocycles. The Bertz CT molecular complexity index is 666. The highest BCUT2D eigenvalue weighted by Gasteiger charge is 2.01. The van der Waals surface area contributed by atoms with Crippen LogP contribution in [0.2, 0.25) is 0 Å². The van der Waals surface area contributed by atoms with Crippen LogP contribution < -0.4 is 15.5 Å². The lowest BCUT2D eigenvalue weighted by molar-refractivity contribution is -0.116. The van der Waals surface area contributed by atoms with Crippen LogP contribution in [0.3, 0.4) is 0 Å². The van der Waals surface area contributed by atoms with Gasteiger partial charge in [0.15, 0.2) is 0 Å². The minimum absolute atomic E-state index is 0.222. The highest BCUT2D eigenvalue weighted by molar-refractivity contribution is 7.80. The van der Waals surface area contributed by atoms with Gasteiger partial charge in [-0.25, -0.2) is 0 Å². The minimum atomic E-state index is -0.222. The van der Waals surface area contributed by atoms with E-state index in [0.717, 1.165) is 0 Å². The summed E-state index contributed by atoms with van der Waals surface area (Å²) >= 11 is 4.89. The zero-order chi connectivity index (χ0) is 16.5. The Morgan fingerprint density at radius 2 is 2.09 bits per heavy atom. The molecule has 23 heavy (non-hydrogen) atoms. The summed E-state index contributed by atoms with van der Waals surface area (Å²) in [5.41, 5.74) is 2.60. The maximum Gasteiger partial charge on any atom is 0.244 e. The standard InChI is InChI=1S/C16H16N2O4S/c19-15(8-7-13-2-1-10-21-13)17-9-11-22-14-5-3-12(4-6-14)16(23)18-20/h1-8,10,20H,9,11H2,(H,17,19)(H,18,23). The Labute approximate surface area is 138 Å². The van der Waals surface area contributed by atoms with Crippen LogP contribution in [0, 0.1) is 0 Å². The van der Waals surface area contributed by atoms with Crippen molar-refractivity contribution in [2.45, 2.75) is 0 Å². The van der Waals surface area contributed by atoms with Gasteiger partial charge in [-0.2, -0.15) is 0 Å². The van der Waals surface area contributed by atoms with E-state index in [4.69, 9.17) is 26.6 Å². The molecular formula is C16H16N2O4S. The van der Waals surface area contributed by atoms with Crippen LogP contribution >= 0.6 is 12.2 Å². The van der Waals surface area contributed by atoms with Crippen molar-refractivity contribution in [2.75, 3.05) is 13.2 Å². The summed E-state index contributed by atoms with van der Waals surface area (Å²) in [6, 6.07) is 10.4. The smallest absolute Gasteiger partial charge is 0.244 e.